The van der Waals surface area contributed by atoms with Crippen molar-refractivity contribution in [3.63, 3.8) is 0 Å². The normalized spacial score (nSPS) is 39.4. The molecule has 1 N–H and O–H groups in total. The van der Waals surface area contributed by atoms with Crippen LogP contribution in [0, 0.1) is 35.5 Å². The van der Waals surface area contributed by atoms with Crippen molar-refractivity contribution in [1.82, 2.24) is 0 Å². The van der Waals surface area contributed by atoms with Crippen LogP contribution in [0.5, 0.6) is 0 Å². The van der Waals surface area contributed by atoms with Crippen LogP contribution in [0.2, 0.25) is 0 Å². The highest BCUT2D eigenvalue weighted by atomic mass is 16.4. The quantitative estimate of drug-likeness (QED) is 0.669. The minimum Gasteiger partial charge on any atom is -0.478 e. The summed E-state index contributed by atoms with van der Waals surface area (Å²) in [6, 6.07) is 5.97. The summed E-state index contributed by atoms with van der Waals surface area (Å²) >= 11 is 0. The zero-order chi connectivity index (χ0) is 15.9. The third-order valence-electron chi connectivity index (χ3n) is 6.04. The van der Waals surface area contributed by atoms with Crippen LogP contribution in [-0.2, 0) is 9.59 Å². The number of hydrogen-bond acceptors (Lipinski definition) is 3. The largest absolute Gasteiger partial charge is 0.478 e. The summed E-state index contributed by atoms with van der Waals surface area (Å²) in [5.41, 5.74) is 0.626. The molecule has 1 aliphatic heterocycles. The average molecular weight is 309 g/mol. The number of carbonyl (C=O) groups is 3. The molecule has 5 aliphatic rings. The number of carbonyl (C=O) groups excluding carboxylic acids is 2. The molecule has 3 fully saturated rings. The second-order valence-corrected chi connectivity index (χ2v) is 7.02. The molecule has 6 atom stereocenters. The van der Waals surface area contributed by atoms with Crippen LogP contribution in [0.1, 0.15) is 16.8 Å². The van der Waals surface area contributed by atoms with E-state index >= 15 is 0 Å². The molecule has 0 unspecified atom stereocenters. The second-order valence-electron chi connectivity index (χ2n) is 7.02. The van der Waals surface area contributed by atoms with E-state index in [4.69, 9.17) is 5.11 Å². The van der Waals surface area contributed by atoms with Gasteiger partial charge in [0.1, 0.15) is 0 Å². The Morgan fingerprint density at radius 1 is 0.957 bits per heavy atom. The average Bonchev–Trinajstić information content (AvgIpc) is 3.32. The van der Waals surface area contributed by atoms with E-state index in [2.05, 4.69) is 12.2 Å². The van der Waals surface area contributed by atoms with E-state index in [9.17, 15) is 14.4 Å². The van der Waals surface area contributed by atoms with Crippen molar-refractivity contribution in [2.45, 2.75) is 6.42 Å². The predicted octanol–water partition coefficient (Wildman–Crippen LogP) is 1.94. The number of anilines is 1. The molecule has 2 saturated carbocycles. The van der Waals surface area contributed by atoms with Crippen molar-refractivity contribution < 1.29 is 19.5 Å². The van der Waals surface area contributed by atoms with Crippen LogP contribution < -0.4 is 4.90 Å². The fourth-order valence-corrected chi connectivity index (χ4v) is 4.96. The summed E-state index contributed by atoms with van der Waals surface area (Å²) in [6.45, 7) is 0. The first-order valence-electron chi connectivity index (χ1n) is 7.97. The summed E-state index contributed by atoms with van der Waals surface area (Å²) in [5, 5.41) is 8.97. The van der Waals surface area contributed by atoms with Gasteiger partial charge in [-0.25, -0.2) is 4.79 Å². The van der Waals surface area contributed by atoms with Crippen LogP contribution in [0.15, 0.2) is 36.4 Å². The smallest absolute Gasteiger partial charge is 0.335 e. The highest BCUT2D eigenvalue weighted by Crippen LogP contribution is 2.65. The summed E-state index contributed by atoms with van der Waals surface area (Å²) < 4.78 is 0. The summed E-state index contributed by atoms with van der Waals surface area (Å²) in [6.07, 6.45) is 5.42. The fourth-order valence-electron chi connectivity index (χ4n) is 4.96. The lowest BCUT2D eigenvalue weighted by Crippen LogP contribution is -2.40. The summed E-state index contributed by atoms with van der Waals surface area (Å²) in [7, 11) is 0. The topological polar surface area (TPSA) is 74.7 Å². The van der Waals surface area contributed by atoms with Crippen LogP contribution >= 0.6 is 0 Å². The molecule has 1 aromatic carbocycles. The van der Waals surface area contributed by atoms with Gasteiger partial charge in [0, 0.05) is 0 Å². The van der Waals surface area contributed by atoms with E-state index in [-0.39, 0.29) is 41.0 Å². The Bertz CT molecular complexity index is 745. The zero-order valence-corrected chi connectivity index (χ0v) is 12.3. The van der Waals surface area contributed by atoms with Gasteiger partial charge in [-0.05, 0) is 54.4 Å². The molecule has 0 radical (unpaired) electrons. The molecule has 2 bridgehead atoms. The molecule has 116 valence electrons. The van der Waals surface area contributed by atoms with Gasteiger partial charge < -0.3 is 5.11 Å². The van der Waals surface area contributed by atoms with Crippen molar-refractivity contribution in [1.29, 1.82) is 0 Å². The minimum atomic E-state index is -1.02. The van der Waals surface area contributed by atoms with Gasteiger partial charge in [0.05, 0.1) is 23.1 Å². The Balaban J connectivity index is 1.53. The van der Waals surface area contributed by atoms with E-state index in [0.717, 1.165) is 6.42 Å². The maximum Gasteiger partial charge on any atom is 0.335 e. The van der Waals surface area contributed by atoms with Gasteiger partial charge in [0.15, 0.2) is 0 Å². The number of benzene rings is 1. The fraction of sp³-hybridized carbons (Fsp3) is 0.389. The van der Waals surface area contributed by atoms with E-state index in [1.807, 2.05) is 0 Å². The molecule has 5 nitrogen and oxygen atoms in total. The number of amides is 2. The SMILES string of the molecule is O=C(O)c1ccc(N2C(=O)[C@@H]3[C@@H]4C=C[C@H]([C@@H]5C[C@@H]45)[C@H]3C2=O)cc1. The van der Waals surface area contributed by atoms with Crippen LogP contribution in [0.25, 0.3) is 0 Å². The molecule has 0 spiro atoms. The first kappa shape index (κ1) is 13.0. The molecule has 1 heterocycles. The highest BCUT2D eigenvalue weighted by Gasteiger charge is 2.67. The number of allylic oxidation sites excluding steroid dienone is 2. The number of aromatic carboxylic acids is 1. The Labute approximate surface area is 132 Å². The van der Waals surface area contributed by atoms with Crippen molar-refractivity contribution in [3.8, 4) is 0 Å². The zero-order valence-electron chi connectivity index (χ0n) is 12.3. The number of carboxylic acids is 1. The predicted molar refractivity (Wildman–Crippen MR) is 80.6 cm³/mol. The third-order valence-corrected chi connectivity index (χ3v) is 6.04. The van der Waals surface area contributed by atoms with Crippen LogP contribution in [-0.4, -0.2) is 22.9 Å². The Kier molecular flexibility index (Phi) is 2.33. The minimum absolute atomic E-state index is 0.118. The summed E-state index contributed by atoms with van der Waals surface area (Å²) in [4.78, 5) is 38.0. The monoisotopic (exact) mass is 309 g/mol. The van der Waals surface area contributed by atoms with Crippen molar-refractivity contribution in [2.24, 2.45) is 35.5 Å². The molecule has 23 heavy (non-hydrogen) atoms. The number of imide groups is 1. The molecular formula is C18H15NO4. The van der Waals surface area contributed by atoms with Gasteiger partial charge in [-0.2, -0.15) is 0 Å². The van der Waals surface area contributed by atoms with Crippen molar-refractivity contribution in [2.75, 3.05) is 4.90 Å². The number of nitrogens with zero attached hydrogens (tertiary/aromatic N) is 1. The molecule has 6 rings (SSSR count). The Morgan fingerprint density at radius 3 is 1.96 bits per heavy atom. The molecule has 5 heteroatoms. The number of rotatable bonds is 2. The lowest BCUT2D eigenvalue weighted by molar-refractivity contribution is -0.124. The lowest BCUT2D eigenvalue weighted by atomic mass is 9.63. The maximum absolute atomic E-state index is 12.9. The molecule has 1 saturated heterocycles. The first-order valence-corrected chi connectivity index (χ1v) is 7.97. The first-order chi connectivity index (χ1) is 11.1. The number of hydrogen-bond donors (Lipinski definition) is 1. The third kappa shape index (κ3) is 1.54. The maximum atomic E-state index is 12.9. The van der Waals surface area contributed by atoms with Gasteiger partial charge in [-0.1, -0.05) is 12.2 Å². The van der Waals surface area contributed by atoms with Crippen molar-refractivity contribution in [3.05, 3.63) is 42.0 Å². The van der Waals surface area contributed by atoms with Gasteiger partial charge >= 0.3 is 5.97 Å². The van der Waals surface area contributed by atoms with Crippen LogP contribution in [0.4, 0.5) is 5.69 Å². The van der Waals surface area contributed by atoms with E-state index in [1.165, 1.54) is 17.0 Å². The van der Waals surface area contributed by atoms with Gasteiger partial charge in [-0.15, -0.1) is 0 Å². The standard InChI is InChI=1S/C18H15NO4/c20-16-14-10-5-6-11(13-7-12(10)13)15(14)17(21)19(16)9-3-1-8(2-4-9)18(22)23/h1-6,10-15H,7H2,(H,22,23)/t10-,11-,12+,13+,14-,15-/m1/s1. The van der Waals surface area contributed by atoms with Gasteiger partial charge in [-0.3, -0.25) is 14.5 Å². The van der Waals surface area contributed by atoms with E-state index in [1.54, 1.807) is 12.1 Å². The molecule has 1 aromatic rings. The van der Waals surface area contributed by atoms with E-state index < -0.39 is 5.97 Å². The summed E-state index contributed by atoms with van der Waals surface area (Å²) in [5.74, 6) is -0.132. The second kappa shape index (κ2) is 4.10. The molecular weight excluding hydrogens is 294 g/mol. The van der Waals surface area contributed by atoms with Crippen molar-refractivity contribution >= 4 is 23.5 Å². The Morgan fingerprint density at radius 2 is 1.48 bits per heavy atom. The molecule has 0 aromatic heterocycles. The van der Waals surface area contributed by atoms with Crippen LogP contribution in [0.3, 0.4) is 0 Å². The lowest BCUT2D eigenvalue weighted by Gasteiger charge is -2.37. The van der Waals surface area contributed by atoms with E-state index in [0.29, 0.717) is 17.5 Å². The highest BCUT2D eigenvalue weighted by molar-refractivity contribution is 6.22. The number of carboxylic acid groups (broad SMARTS) is 1. The van der Waals surface area contributed by atoms with Gasteiger partial charge in [0.2, 0.25) is 11.8 Å². The molecule has 4 aliphatic carbocycles. The Hall–Kier alpha value is -2.43. The van der Waals surface area contributed by atoms with Gasteiger partial charge in [0.25, 0.3) is 0 Å². The molecule has 2 amide bonds.